The number of hydrogen-bond acceptors (Lipinski definition) is 2. The van der Waals surface area contributed by atoms with E-state index in [2.05, 4.69) is 10.2 Å². The summed E-state index contributed by atoms with van der Waals surface area (Å²) >= 11 is 0. The summed E-state index contributed by atoms with van der Waals surface area (Å²) in [6, 6.07) is 7.04. The molecule has 1 heterocycles. The largest absolute Gasteiger partial charge is 0.315 e. The van der Waals surface area contributed by atoms with Gasteiger partial charge in [-0.25, -0.2) is 4.39 Å². The first-order valence-electron chi connectivity index (χ1n) is 5.53. The quantitative estimate of drug-likeness (QED) is 0.794. The first-order valence-corrected chi connectivity index (χ1v) is 5.53. The summed E-state index contributed by atoms with van der Waals surface area (Å²) in [7, 11) is 0. The SMILES string of the molecule is Fc1ccccc1CN1CCCNCC1. The van der Waals surface area contributed by atoms with Crippen LogP contribution in [-0.2, 0) is 6.54 Å². The van der Waals surface area contributed by atoms with Crippen molar-refractivity contribution in [2.45, 2.75) is 13.0 Å². The van der Waals surface area contributed by atoms with E-state index in [0.717, 1.165) is 44.7 Å². The van der Waals surface area contributed by atoms with Crippen molar-refractivity contribution < 1.29 is 4.39 Å². The van der Waals surface area contributed by atoms with Gasteiger partial charge >= 0.3 is 0 Å². The minimum absolute atomic E-state index is 0.0882. The molecule has 0 amide bonds. The molecule has 0 spiro atoms. The molecule has 1 saturated heterocycles. The maximum Gasteiger partial charge on any atom is 0.127 e. The molecule has 1 aliphatic heterocycles. The van der Waals surface area contributed by atoms with Gasteiger partial charge < -0.3 is 5.32 Å². The van der Waals surface area contributed by atoms with Crippen LogP contribution in [0, 0.1) is 5.82 Å². The second-order valence-electron chi connectivity index (χ2n) is 3.97. The minimum Gasteiger partial charge on any atom is -0.315 e. The van der Waals surface area contributed by atoms with Crippen molar-refractivity contribution in [3.05, 3.63) is 35.6 Å². The van der Waals surface area contributed by atoms with Crippen molar-refractivity contribution >= 4 is 0 Å². The zero-order valence-electron chi connectivity index (χ0n) is 8.88. The summed E-state index contributed by atoms with van der Waals surface area (Å²) in [6.45, 7) is 4.88. The normalized spacial score (nSPS) is 18.7. The van der Waals surface area contributed by atoms with Crippen LogP contribution in [0.2, 0.25) is 0 Å². The van der Waals surface area contributed by atoms with Crippen LogP contribution in [0.25, 0.3) is 0 Å². The molecule has 0 atom stereocenters. The molecule has 1 N–H and O–H groups in total. The number of nitrogens with one attached hydrogen (secondary N) is 1. The molecule has 0 aliphatic carbocycles. The highest BCUT2D eigenvalue weighted by molar-refractivity contribution is 5.17. The molecule has 3 heteroatoms. The lowest BCUT2D eigenvalue weighted by Crippen LogP contribution is -2.27. The van der Waals surface area contributed by atoms with E-state index in [1.807, 2.05) is 12.1 Å². The Bertz CT molecular complexity index is 306. The number of hydrogen-bond donors (Lipinski definition) is 1. The highest BCUT2D eigenvalue weighted by Gasteiger charge is 2.10. The summed E-state index contributed by atoms with van der Waals surface area (Å²) in [5.74, 6) is -0.0882. The molecule has 0 unspecified atom stereocenters. The third-order valence-electron chi connectivity index (χ3n) is 2.78. The molecule has 1 aliphatic rings. The van der Waals surface area contributed by atoms with Crippen molar-refractivity contribution in [3.8, 4) is 0 Å². The van der Waals surface area contributed by atoms with Gasteiger partial charge in [0.1, 0.15) is 5.82 Å². The zero-order chi connectivity index (χ0) is 10.5. The molecule has 15 heavy (non-hydrogen) atoms. The standard InChI is InChI=1S/C12H17FN2/c13-12-5-2-1-4-11(12)10-15-8-3-6-14-7-9-15/h1-2,4-5,14H,3,6-10H2. The van der Waals surface area contributed by atoms with Crippen molar-refractivity contribution in [1.29, 1.82) is 0 Å². The highest BCUT2D eigenvalue weighted by atomic mass is 19.1. The summed E-state index contributed by atoms with van der Waals surface area (Å²) in [5, 5.41) is 3.34. The molecule has 1 fully saturated rings. The molecular weight excluding hydrogens is 191 g/mol. The average Bonchev–Trinajstić information content (AvgIpc) is 2.50. The molecule has 1 aromatic rings. The minimum atomic E-state index is -0.0882. The van der Waals surface area contributed by atoms with Gasteiger partial charge in [-0.15, -0.1) is 0 Å². The molecule has 1 aromatic carbocycles. The summed E-state index contributed by atoms with van der Waals surface area (Å²) in [6.07, 6.45) is 1.15. The zero-order valence-corrected chi connectivity index (χ0v) is 8.88. The van der Waals surface area contributed by atoms with Gasteiger partial charge in [-0.05, 0) is 25.6 Å². The van der Waals surface area contributed by atoms with Crippen molar-refractivity contribution in [1.82, 2.24) is 10.2 Å². The summed E-state index contributed by atoms with van der Waals surface area (Å²) in [5.41, 5.74) is 0.805. The first kappa shape index (κ1) is 10.6. The molecule has 0 radical (unpaired) electrons. The molecule has 0 saturated carbocycles. The van der Waals surface area contributed by atoms with Gasteiger partial charge in [0.25, 0.3) is 0 Å². The Kier molecular flexibility index (Phi) is 3.69. The molecular formula is C12H17FN2. The van der Waals surface area contributed by atoms with Crippen molar-refractivity contribution in [3.63, 3.8) is 0 Å². The third kappa shape index (κ3) is 3.01. The maximum absolute atomic E-state index is 13.4. The monoisotopic (exact) mass is 208 g/mol. The lowest BCUT2D eigenvalue weighted by molar-refractivity contribution is 0.280. The van der Waals surface area contributed by atoms with Gasteiger partial charge in [-0.1, -0.05) is 18.2 Å². The maximum atomic E-state index is 13.4. The fourth-order valence-corrected chi connectivity index (χ4v) is 1.93. The Balaban J connectivity index is 1.98. The van der Waals surface area contributed by atoms with Crippen LogP contribution in [0.3, 0.4) is 0 Å². The smallest absolute Gasteiger partial charge is 0.127 e. The lowest BCUT2D eigenvalue weighted by Gasteiger charge is -2.19. The van der Waals surface area contributed by atoms with Crippen LogP contribution in [0.4, 0.5) is 4.39 Å². The highest BCUT2D eigenvalue weighted by Crippen LogP contribution is 2.10. The number of nitrogens with zero attached hydrogens (tertiary/aromatic N) is 1. The summed E-state index contributed by atoms with van der Waals surface area (Å²) < 4.78 is 13.4. The van der Waals surface area contributed by atoms with E-state index in [1.165, 1.54) is 6.07 Å². The molecule has 0 aromatic heterocycles. The fraction of sp³-hybridized carbons (Fsp3) is 0.500. The van der Waals surface area contributed by atoms with Crippen LogP contribution in [0.1, 0.15) is 12.0 Å². The van der Waals surface area contributed by atoms with E-state index in [1.54, 1.807) is 6.07 Å². The van der Waals surface area contributed by atoms with Gasteiger partial charge in [0, 0.05) is 25.2 Å². The first-order chi connectivity index (χ1) is 7.36. The van der Waals surface area contributed by atoms with Gasteiger partial charge in [-0.3, -0.25) is 4.90 Å². The fourth-order valence-electron chi connectivity index (χ4n) is 1.93. The average molecular weight is 208 g/mol. The van der Waals surface area contributed by atoms with E-state index in [9.17, 15) is 4.39 Å². The Morgan fingerprint density at radius 3 is 2.93 bits per heavy atom. The Morgan fingerprint density at radius 1 is 1.20 bits per heavy atom. The topological polar surface area (TPSA) is 15.3 Å². The van der Waals surface area contributed by atoms with Crippen LogP contribution >= 0.6 is 0 Å². The number of benzene rings is 1. The number of rotatable bonds is 2. The van der Waals surface area contributed by atoms with Crippen LogP contribution in [0.15, 0.2) is 24.3 Å². The molecule has 2 nitrogen and oxygen atoms in total. The predicted molar refractivity (Wildman–Crippen MR) is 59.2 cm³/mol. The Hall–Kier alpha value is -0.930. The van der Waals surface area contributed by atoms with E-state index in [0.29, 0.717) is 0 Å². The number of halogens is 1. The van der Waals surface area contributed by atoms with E-state index in [4.69, 9.17) is 0 Å². The second-order valence-corrected chi connectivity index (χ2v) is 3.97. The van der Waals surface area contributed by atoms with Gasteiger partial charge in [0.2, 0.25) is 0 Å². The molecule has 0 bridgehead atoms. The van der Waals surface area contributed by atoms with Gasteiger partial charge in [0.05, 0.1) is 0 Å². The molecule has 82 valence electrons. The van der Waals surface area contributed by atoms with Crippen molar-refractivity contribution in [2.24, 2.45) is 0 Å². The third-order valence-corrected chi connectivity index (χ3v) is 2.78. The van der Waals surface area contributed by atoms with E-state index < -0.39 is 0 Å². The van der Waals surface area contributed by atoms with Gasteiger partial charge in [0.15, 0.2) is 0 Å². The van der Waals surface area contributed by atoms with Crippen LogP contribution in [-0.4, -0.2) is 31.1 Å². The second kappa shape index (κ2) is 5.24. The van der Waals surface area contributed by atoms with Crippen LogP contribution < -0.4 is 5.32 Å². The predicted octanol–water partition coefficient (Wildman–Crippen LogP) is 1.62. The van der Waals surface area contributed by atoms with Crippen molar-refractivity contribution in [2.75, 3.05) is 26.2 Å². The Morgan fingerprint density at radius 2 is 2.07 bits per heavy atom. The van der Waals surface area contributed by atoms with Crippen LogP contribution in [0.5, 0.6) is 0 Å². The van der Waals surface area contributed by atoms with E-state index in [-0.39, 0.29) is 5.82 Å². The summed E-state index contributed by atoms with van der Waals surface area (Å²) in [4.78, 5) is 2.30. The van der Waals surface area contributed by atoms with Gasteiger partial charge in [-0.2, -0.15) is 0 Å². The van der Waals surface area contributed by atoms with E-state index >= 15 is 0 Å². The Labute approximate surface area is 90.1 Å². The molecule has 2 rings (SSSR count). The lowest BCUT2D eigenvalue weighted by atomic mass is 10.2.